The van der Waals surface area contributed by atoms with E-state index in [2.05, 4.69) is 15.6 Å². The number of hydrogen-bond donors (Lipinski definition) is 2. The number of ether oxygens (including phenoxy) is 4. The van der Waals surface area contributed by atoms with Crippen LogP contribution in [0.4, 0.5) is 4.39 Å². The topological polar surface area (TPSA) is 73.3 Å². The molecule has 0 atom stereocenters. The number of nitrogens with one attached hydrogen (secondary N) is 2. The van der Waals surface area contributed by atoms with Crippen molar-refractivity contribution in [2.45, 2.75) is 26.6 Å². The summed E-state index contributed by atoms with van der Waals surface area (Å²) in [7, 11) is 6.27. The van der Waals surface area contributed by atoms with Crippen LogP contribution in [-0.4, -0.2) is 40.9 Å². The lowest BCUT2D eigenvalue weighted by Gasteiger charge is -2.15. The van der Waals surface area contributed by atoms with E-state index in [1.54, 1.807) is 40.6 Å². The van der Waals surface area contributed by atoms with Gasteiger partial charge in [0.1, 0.15) is 5.82 Å². The first kappa shape index (κ1) is 26.8. The molecule has 0 bridgehead atoms. The fourth-order valence-electron chi connectivity index (χ4n) is 2.93. The number of guanidine groups is 1. The molecule has 0 aromatic heterocycles. The third kappa shape index (κ3) is 7.73. The van der Waals surface area contributed by atoms with Gasteiger partial charge >= 0.3 is 0 Å². The summed E-state index contributed by atoms with van der Waals surface area (Å²) in [5.41, 5.74) is 2.36. The molecule has 2 rings (SSSR count). The highest BCUT2D eigenvalue weighted by atomic mass is 127. The van der Waals surface area contributed by atoms with Crippen molar-refractivity contribution < 1.29 is 23.3 Å². The lowest BCUT2D eigenvalue weighted by molar-refractivity contribution is 0.181. The van der Waals surface area contributed by atoms with E-state index < -0.39 is 0 Å². The minimum atomic E-state index is -0.274. The zero-order chi connectivity index (χ0) is 21.9. The second kappa shape index (κ2) is 13.9. The molecule has 0 unspecified atom stereocenters. The Morgan fingerprint density at radius 2 is 1.61 bits per heavy atom. The average molecular weight is 547 g/mol. The van der Waals surface area contributed by atoms with E-state index in [0.717, 1.165) is 11.1 Å². The van der Waals surface area contributed by atoms with Crippen LogP contribution in [0.3, 0.4) is 0 Å². The van der Waals surface area contributed by atoms with Crippen LogP contribution < -0.4 is 24.8 Å². The van der Waals surface area contributed by atoms with Crippen LogP contribution in [0.5, 0.6) is 17.2 Å². The van der Waals surface area contributed by atoms with Gasteiger partial charge in [0.2, 0.25) is 5.75 Å². The predicted molar refractivity (Wildman–Crippen MR) is 130 cm³/mol. The highest BCUT2D eigenvalue weighted by molar-refractivity contribution is 14.0. The molecule has 172 valence electrons. The van der Waals surface area contributed by atoms with Gasteiger partial charge in [-0.25, -0.2) is 9.38 Å². The molecule has 0 aliphatic heterocycles. The first-order chi connectivity index (χ1) is 14.6. The first-order valence-electron chi connectivity index (χ1n) is 9.63. The summed E-state index contributed by atoms with van der Waals surface area (Å²) in [6.45, 7) is 3.84. The molecular formula is C22H31FIN3O4. The van der Waals surface area contributed by atoms with E-state index in [9.17, 15) is 4.39 Å². The standard InChI is InChI=1S/C22H30FN3O4.HI/c1-6-24-22(25-12-15-7-8-18(23)17(9-15)14-27-2)26-13-16-10-19(28-3)21(30-5)20(11-16)29-4;/h7-11H,6,12-14H2,1-5H3,(H2,24,25,26);1H. The molecule has 0 amide bonds. The van der Waals surface area contributed by atoms with E-state index in [4.69, 9.17) is 18.9 Å². The largest absolute Gasteiger partial charge is 0.493 e. The van der Waals surface area contributed by atoms with Gasteiger partial charge < -0.3 is 29.6 Å². The molecular weight excluding hydrogens is 516 g/mol. The number of nitrogens with zero attached hydrogens (tertiary/aromatic N) is 1. The summed E-state index contributed by atoms with van der Waals surface area (Å²) in [5.74, 6) is 2.07. The fraction of sp³-hybridized carbons (Fsp3) is 0.409. The molecule has 0 saturated carbocycles. The Morgan fingerprint density at radius 3 is 2.16 bits per heavy atom. The zero-order valence-corrected chi connectivity index (χ0v) is 20.9. The first-order valence-corrected chi connectivity index (χ1v) is 9.63. The van der Waals surface area contributed by atoms with E-state index in [-0.39, 0.29) is 36.4 Å². The van der Waals surface area contributed by atoms with Crippen LogP contribution in [-0.2, 0) is 24.4 Å². The summed E-state index contributed by atoms with van der Waals surface area (Å²) in [4.78, 5) is 4.63. The molecule has 2 aromatic carbocycles. The monoisotopic (exact) mass is 547 g/mol. The third-order valence-electron chi connectivity index (χ3n) is 4.36. The van der Waals surface area contributed by atoms with E-state index in [1.165, 1.54) is 6.07 Å². The fourth-order valence-corrected chi connectivity index (χ4v) is 2.93. The number of halogens is 2. The molecule has 7 nitrogen and oxygen atoms in total. The predicted octanol–water partition coefficient (Wildman–Crippen LogP) is 3.87. The summed E-state index contributed by atoms with van der Waals surface area (Å²) in [5, 5.41) is 6.47. The van der Waals surface area contributed by atoms with Crippen molar-refractivity contribution in [3.63, 3.8) is 0 Å². The second-order valence-electron chi connectivity index (χ2n) is 6.44. The van der Waals surface area contributed by atoms with E-state index in [1.807, 2.05) is 19.1 Å². The highest BCUT2D eigenvalue weighted by Gasteiger charge is 2.13. The minimum absolute atomic E-state index is 0. The normalized spacial score (nSPS) is 10.8. The van der Waals surface area contributed by atoms with Gasteiger partial charge in [-0.05, 0) is 42.3 Å². The van der Waals surface area contributed by atoms with Crippen molar-refractivity contribution in [2.24, 2.45) is 4.99 Å². The molecule has 0 aliphatic carbocycles. The molecule has 0 radical (unpaired) electrons. The summed E-state index contributed by atoms with van der Waals surface area (Å²) in [6.07, 6.45) is 0. The minimum Gasteiger partial charge on any atom is -0.493 e. The number of aliphatic imine (C=N–C) groups is 1. The Balaban J connectivity index is 0.00000480. The number of benzene rings is 2. The van der Waals surface area contributed by atoms with Crippen molar-refractivity contribution in [1.29, 1.82) is 0 Å². The van der Waals surface area contributed by atoms with Crippen LogP contribution in [0.1, 0.15) is 23.6 Å². The van der Waals surface area contributed by atoms with Gasteiger partial charge in [0.25, 0.3) is 0 Å². The maximum absolute atomic E-state index is 13.8. The van der Waals surface area contributed by atoms with Crippen LogP contribution >= 0.6 is 24.0 Å². The van der Waals surface area contributed by atoms with Gasteiger partial charge in [-0.2, -0.15) is 0 Å². The maximum atomic E-state index is 13.8. The summed E-state index contributed by atoms with van der Waals surface area (Å²) >= 11 is 0. The van der Waals surface area contributed by atoms with E-state index >= 15 is 0 Å². The van der Waals surface area contributed by atoms with Crippen molar-refractivity contribution in [3.8, 4) is 17.2 Å². The number of rotatable bonds is 10. The van der Waals surface area contributed by atoms with Gasteiger partial charge in [0.15, 0.2) is 17.5 Å². The Labute approximate surface area is 200 Å². The number of methoxy groups -OCH3 is 4. The molecule has 2 N–H and O–H groups in total. The Kier molecular flexibility index (Phi) is 12.0. The molecule has 0 aliphatic rings. The van der Waals surface area contributed by atoms with Crippen molar-refractivity contribution in [1.82, 2.24) is 10.6 Å². The summed E-state index contributed by atoms with van der Waals surface area (Å²) < 4.78 is 35.0. The molecule has 0 fully saturated rings. The Bertz CT molecular complexity index is 840. The highest BCUT2D eigenvalue weighted by Crippen LogP contribution is 2.38. The third-order valence-corrected chi connectivity index (χ3v) is 4.36. The molecule has 31 heavy (non-hydrogen) atoms. The SMILES string of the molecule is CCNC(=NCc1cc(OC)c(OC)c(OC)c1)NCc1ccc(F)c(COC)c1.I. The smallest absolute Gasteiger partial charge is 0.203 e. The lowest BCUT2D eigenvalue weighted by Crippen LogP contribution is -2.36. The Morgan fingerprint density at radius 1 is 0.935 bits per heavy atom. The Hall–Kier alpha value is -2.27. The van der Waals surface area contributed by atoms with Crippen molar-refractivity contribution in [2.75, 3.05) is 35.0 Å². The zero-order valence-electron chi connectivity index (χ0n) is 18.6. The molecule has 0 spiro atoms. The van der Waals surface area contributed by atoms with Crippen LogP contribution in [0, 0.1) is 5.82 Å². The molecule has 9 heteroatoms. The summed E-state index contributed by atoms with van der Waals surface area (Å²) in [6, 6.07) is 8.71. The number of hydrogen-bond acceptors (Lipinski definition) is 5. The van der Waals surface area contributed by atoms with Gasteiger partial charge in [0, 0.05) is 25.8 Å². The van der Waals surface area contributed by atoms with Crippen LogP contribution in [0.15, 0.2) is 35.3 Å². The quantitative estimate of drug-likeness (QED) is 0.268. The van der Waals surface area contributed by atoms with Crippen molar-refractivity contribution >= 4 is 29.9 Å². The lowest BCUT2D eigenvalue weighted by atomic mass is 10.1. The second-order valence-corrected chi connectivity index (χ2v) is 6.44. The average Bonchev–Trinajstić information content (AvgIpc) is 2.76. The molecule has 2 aromatic rings. The molecule has 0 heterocycles. The van der Waals surface area contributed by atoms with Crippen LogP contribution in [0.2, 0.25) is 0 Å². The van der Waals surface area contributed by atoms with Gasteiger partial charge in [-0.15, -0.1) is 24.0 Å². The van der Waals surface area contributed by atoms with Gasteiger partial charge in [0.05, 0.1) is 34.5 Å². The van der Waals surface area contributed by atoms with Gasteiger partial charge in [-0.1, -0.05) is 6.07 Å². The van der Waals surface area contributed by atoms with Gasteiger partial charge in [-0.3, -0.25) is 0 Å². The molecule has 0 saturated heterocycles. The van der Waals surface area contributed by atoms with Crippen LogP contribution in [0.25, 0.3) is 0 Å². The van der Waals surface area contributed by atoms with E-state index in [0.29, 0.717) is 48.4 Å². The maximum Gasteiger partial charge on any atom is 0.203 e. The van der Waals surface area contributed by atoms with Crippen molar-refractivity contribution in [3.05, 3.63) is 52.8 Å².